The zero-order valence-corrected chi connectivity index (χ0v) is 13.0. The standard InChI is InChI=1S/C17H14BrNO2/c18-16-11-17(21-19-16)9-8-12-10-14(6-7-15(12)17)20-13-4-2-1-3-5-13/h1-7,10H,8-9,11H2/t17-/m1/s1. The molecule has 0 fully saturated rings. The van der Waals surface area contributed by atoms with Crippen molar-refractivity contribution < 1.29 is 9.57 Å². The molecule has 1 atom stereocenters. The SMILES string of the molecule is BrC1=NO[C@]2(CCc3cc(Oc4ccccc4)ccc32)C1. The molecule has 0 radical (unpaired) electrons. The number of oxime groups is 1. The molecule has 2 aromatic rings. The Morgan fingerprint density at radius 1 is 1.10 bits per heavy atom. The molecule has 1 aliphatic carbocycles. The van der Waals surface area contributed by atoms with E-state index in [0.29, 0.717) is 0 Å². The second kappa shape index (κ2) is 4.88. The molecule has 2 aliphatic rings. The molecule has 0 bridgehead atoms. The highest BCUT2D eigenvalue weighted by Crippen LogP contribution is 2.47. The van der Waals surface area contributed by atoms with Gasteiger partial charge in [0.05, 0.1) is 0 Å². The average Bonchev–Trinajstić information content (AvgIpc) is 3.05. The lowest BCUT2D eigenvalue weighted by Crippen LogP contribution is -2.21. The summed E-state index contributed by atoms with van der Waals surface area (Å²) in [6.45, 7) is 0. The summed E-state index contributed by atoms with van der Waals surface area (Å²) < 4.78 is 6.79. The second-order valence-corrected chi connectivity index (χ2v) is 6.38. The van der Waals surface area contributed by atoms with Crippen LogP contribution >= 0.6 is 15.9 Å². The third-order valence-electron chi connectivity index (χ3n) is 4.10. The third kappa shape index (κ3) is 2.23. The highest BCUT2D eigenvalue weighted by Gasteiger charge is 2.45. The summed E-state index contributed by atoms with van der Waals surface area (Å²) in [5.74, 6) is 1.73. The van der Waals surface area contributed by atoms with Gasteiger partial charge in [-0.25, -0.2) is 0 Å². The number of hydrogen-bond acceptors (Lipinski definition) is 3. The number of fused-ring (bicyclic) bond motifs is 2. The number of halogens is 1. The molecule has 4 heteroatoms. The number of hydrogen-bond donors (Lipinski definition) is 0. The quantitative estimate of drug-likeness (QED) is 0.787. The lowest BCUT2D eigenvalue weighted by Gasteiger charge is -2.21. The van der Waals surface area contributed by atoms with E-state index >= 15 is 0 Å². The minimum Gasteiger partial charge on any atom is -0.457 e. The summed E-state index contributed by atoms with van der Waals surface area (Å²) in [6.07, 6.45) is 2.78. The Morgan fingerprint density at radius 3 is 2.71 bits per heavy atom. The number of benzene rings is 2. The molecule has 21 heavy (non-hydrogen) atoms. The fraction of sp³-hybridized carbons (Fsp3) is 0.235. The number of ether oxygens (including phenoxy) is 1. The fourth-order valence-corrected chi connectivity index (χ4v) is 3.62. The van der Waals surface area contributed by atoms with Crippen LogP contribution in [0.3, 0.4) is 0 Å². The summed E-state index contributed by atoms with van der Waals surface area (Å²) >= 11 is 3.43. The van der Waals surface area contributed by atoms with Crippen LogP contribution in [0.1, 0.15) is 24.0 Å². The van der Waals surface area contributed by atoms with Crippen molar-refractivity contribution in [2.45, 2.75) is 24.9 Å². The van der Waals surface area contributed by atoms with E-state index in [1.165, 1.54) is 11.1 Å². The Balaban J connectivity index is 1.62. The smallest absolute Gasteiger partial charge is 0.169 e. The highest BCUT2D eigenvalue weighted by molar-refractivity contribution is 9.18. The molecule has 1 heterocycles. The van der Waals surface area contributed by atoms with Crippen LogP contribution in [0.4, 0.5) is 0 Å². The van der Waals surface area contributed by atoms with E-state index in [1.807, 2.05) is 36.4 Å². The van der Waals surface area contributed by atoms with Gasteiger partial charge in [0.15, 0.2) is 5.60 Å². The van der Waals surface area contributed by atoms with E-state index in [1.54, 1.807) is 0 Å². The molecule has 1 spiro atoms. The van der Waals surface area contributed by atoms with Gasteiger partial charge in [0.1, 0.15) is 16.1 Å². The molecule has 0 amide bonds. The van der Waals surface area contributed by atoms with Crippen LogP contribution in [0.25, 0.3) is 0 Å². The van der Waals surface area contributed by atoms with Crippen LogP contribution in [0.5, 0.6) is 11.5 Å². The molecule has 0 saturated carbocycles. The fourth-order valence-electron chi connectivity index (χ4n) is 3.10. The van der Waals surface area contributed by atoms with E-state index in [0.717, 1.165) is 35.4 Å². The molecule has 0 N–H and O–H groups in total. The van der Waals surface area contributed by atoms with Gasteiger partial charge in [0.25, 0.3) is 0 Å². The summed E-state index contributed by atoms with van der Waals surface area (Å²) in [5.41, 5.74) is 2.27. The minimum atomic E-state index is -0.264. The number of nitrogens with zero attached hydrogens (tertiary/aromatic N) is 1. The largest absolute Gasteiger partial charge is 0.457 e. The van der Waals surface area contributed by atoms with E-state index in [9.17, 15) is 0 Å². The first-order chi connectivity index (χ1) is 10.3. The Morgan fingerprint density at radius 2 is 1.95 bits per heavy atom. The Labute approximate surface area is 131 Å². The second-order valence-electron chi connectivity index (χ2n) is 5.46. The Bertz CT molecular complexity index is 714. The topological polar surface area (TPSA) is 30.8 Å². The number of rotatable bonds is 2. The normalized spacial score (nSPS) is 22.8. The predicted octanol–water partition coefficient (Wildman–Crippen LogP) is 4.75. The Hall–Kier alpha value is -1.81. The summed E-state index contributed by atoms with van der Waals surface area (Å²) in [7, 11) is 0. The summed E-state index contributed by atoms with van der Waals surface area (Å²) in [6, 6.07) is 16.1. The van der Waals surface area contributed by atoms with Gasteiger partial charge >= 0.3 is 0 Å². The maximum atomic E-state index is 5.90. The molecule has 0 aromatic heterocycles. The van der Waals surface area contributed by atoms with Crippen molar-refractivity contribution in [1.82, 2.24) is 0 Å². The number of aryl methyl sites for hydroxylation is 1. The van der Waals surface area contributed by atoms with Crippen molar-refractivity contribution in [3.8, 4) is 11.5 Å². The van der Waals surface area contributed by atoms with E-state index < -0.39 is 0 Å². The first-order valence-electron chi connectivity index (χ1n) is 7.02. The Kier molecular flexibility index (Phi) is 3.00. The van der Waals surface area contributed by atoms with Crippen LogP contribution in [0.2, 0.25) is 0 Å². The zero-order chi connectivity index (χ0) is 14.3. The maximum absolute atomic E-state index is 5.90. The van der Waals surface area contributed by atoms with Crippen molar-refractivity contribution in [1.29, 1.82) is 0 Å². The van der Waals surface area contributed by atoms with Crippen LogP contribution in [0, 0.1) is 0 Å². The van der Waals surface area contributed by atoms with Gasteiger partial charge in [-0.2, -0.15) is 0 Å². The van der Waals surface area contributed by atoms with Crippen LogP contribution in [0.15, 0.2) is 53.7 Å². The molecule has 106 valence electrons. The van der Waals surface area contributed by atoms with Gasteiger partial charge < -0.3 is 9.57 Å². The van der Waals surface area contributed by atoms with Crippen LogP contribution in [-0.4, -0.2) is 4.62 Å². The van der Waals surface area contributed by atoms with Gasteiger partial charge in [0.2, 0.25) is 0 Å². The van der Waals surface area contributed by atoms with Gasteiger partial charge in [-0.05, 0) is 58.6 Å². The van der Waals surface area contributed by atoms with Gasteiger partial charge in [0, 0.05) is 12.0 Å². The molecule has 3 nitrogen and oxygen atoms in total. The monoisotopic (exact) mass is 343 g/mol. The molecular formula is C17H14BrNO2. The highest BCUT2D eigenvalue weighted by atomic mass is 79.9. The molecule has 2 aromatic carbocycles. The molecule has 1 aliphatic heterocycles. The van der Waals surface area contributed by atoms with Crippen molar-refractivity contribution in [3.05, 3.63) is 59.7 Å². The van der Waals surface area contributed by atoms with E-state index in [2.05, 4.69) is 33.2 Å². The predicted molar refractivity (Wildman–Crippen MR) is 85.0 cm³/mol. The first-order valence-corrected chi connectivity index (χ1v) is 7.81. The van der Waals surface area contributed by atoms with Crippen LogP contribution < -0.4 is 4.74 Å². The van der Waals surface area contributed by atoms with Gasteiger partial charge in [-0.3, -0.25) is 0 Å². The zero-order valence-electron chi connectivity index (χ0n) is 11.4. The lowest BCUT2D eigenvalue weighted by atomic mass is 9.93. The molecular weight excluding hydrogens is 330 g/mol. The first kappa shape index (κ1) is 12.9. The molecule has 0 unspecified atom stereocenters. The lowest BCUT2D eigenvalue weighted by molar-refractivity contribution is -0.0215. The minimum absolute atomic E-state index is 0.264. The van der Waals surface area contributed by atoms with E-state index in [4.69, 9.17) is 9.57 Å². The van der Waals surface area contributed by atoms with Crippen molar-refractivity contribution in [2.75, 3.05) is 0 Å². The average molecular weight is 344 g/mol. The van der Waals surface area contributed by atoms with Crippen molar-refractivity contribution >= 4 is 20.6 Å². The van der Waals surface area contributed by atoms with Gasteiger partial charge in [-0.1, -0.05) is 29.4 Å². The van der Waals surface area contributed by atoms with Gasteiger partial charge in [-0.15, -0.1) is 0 Å². The van der Waals surface area contributed by atoms with E-state index in [-0.39, 0.29) is 5.60 Å². The summed E-state index contributed by atoms with van der Waals surface area (Å²) in [4.78, 5) is 5.70. The molecule has 4 rings (SSSR count). The van der Waals surface area contributed by atoms with Crippen molar-refractivity contribution in [2.24, 2.45) is 5.16 Å². The molecule has 0 saturated heterocycles. The maximum Gasteiger partial charge on any atom is 0.169 e. The third-order valence-corrected chi connectivity index (χ3v) is 4.52. The number of para-hydroxylation sites is 1. The van der Waals surface area contributed by atoms with Crippen LogP contribution in [-0.2, 0) is 16.9 Å². The van der Waals surface area contributed by atoms with Crippen molar-refractivity contribution in [3.63, 3.8) is 0 Å². The summed E-state index contributed by atoms with van der Waals surface area (Å²) in [5, 5.41) is 4.06.